The molecule has 2 aliphatic heterocycles. The highest BCUT2D eigenvalue weighted by molar-refractivity contribution is 6.89. The summed E-state index contributed by atoms with van der Waals surface area (Å²) in [4.78, 5) is 0. The Balaban J connectivity index is 1.29. The molecule has 1 unspecified atom stereocenters. The first-order chi connectivity index (χ1) is 29.2. The van der Waals surface area contributed by atoms with E-state index in [1.54, 1.807) is 0 Å². The summed E-state index contributed by atoms with van der Waals surface area (Å²) in [6.07, 6.45) is 3.61. The number of nitrogens with zero attached hydrogens (tertiary/aromatic N) is 3. The highest BCUT2D eigenvalue weighted by Crippen LogP contribution is 2.53. The second kappa shape index (κ2) is 11.7. The largest absolute Gasteiger partial charge is 0.455 e. The molecule has 4 aromatic heterocycles. The number of furan rings is 2. The number of rotatable bonds is 4. The van der Waals surface area contributed by atoms with Gasteiger partial charge in [-0.15, -0.1) is 9.13 Å². The van der Waals surface area contributed by atoms with E-state index in [1.807, 2.05) is 0 Å². The third-order valence-corrected chi connectivity index (χ3v) is 15.4. The zero-order chi connectivity index (χ0) is 40.2. The molecule has 0 aliphatic carbocycles. The molecule has 13 rings (SSSR count). The zero-order valence-electron chi connectivity index (χ0n) is 34.4. The van der Waals surface area contributed by atoms with E-state index in [-0.39, 0.29) is 0 Å². The van der Waals surface area contributed by atoms with Gasteiger partial charge in [0.1, 0.15) is 16.7 Å². The summed E-state index contributed by atoms with van der Waals surface area (Å²) in [5.74, 6) is 1.61. The molecule has 0 amide bonds. The van der Waals surface area contributed by atoms with E-state index in [2.05, 4.69) is 199 Å². The predicted molar refractivity (Wildman–Crippen MR) is 246 cm³/mol. The summed E-state index contributed by atoms with van der Waals surface area (Å²) in [6, 6.07) is 53.5. The van der Waals surface area contributed by atoms with Crippen molar-refractivity contribution < 1.29 is 18.0 Å². The summed E-state index contributed by atoms with van der Waals surface area (Å²) in [6.45, 7) is 12.2. The predicted octanol–water partition coefficient (Wildman–Crippen LogP) is 12.2. The van der Waals surface area contributed by atoms with E-state index < -0.39 is 13.7 Å². The summed E-state index contributed by atoms with van der Waals surface area (Å²) in [7, 11) is -1.86. The van der Waals surface area contributed by atoms with Crippen LogP contribution in [0.1, 0.15) is 30.5 Å². The fraction of sp³-hybridized carbons (Fsp3) is 0.148. The van der Waals surface area contributed by atoms with Crippen LogP contribution in [-0.4, -0.2) is 12.6 Å². The molecule has 6 heteroatoms. The quantitative estimate of drug-likeness (QED) is 0.131. The van der Waals surface area contributed by atoms with Gasteiger partial charge in [0.2, 0.25) is 5.69 Å². The highest BCUT2D eigenvalue weighted by atomic mass is 28.3. The van der Waals surface area contributed by atoms with Gasteiger partial charge >= 0.3 is 11.5 Å². The minimum absolute atomic E-state index is 0.538. The van der Waals surface area contributed by atoms with Crippen LogP contribution in [0.4, 0.5) is 0 Å². The average Bonchev–Trinajstić information content (AvgIpc) is 4.03. The van der Waals surface area contributed by atoms with Crippen molar-refractivity contribution in [3.8, 4) is 28.3 Å². The van der Waals surface area contributed by atoms with Crippen LogP contribution in [0, 0.1) is 5.92 Å². The Morgan fingerprint density at radius 1 is 0.633 bits per heavy atom. The van der Waals surface area contributed by atoms with Crippen LogP contribution in [0.5, 0.6) is 0 Å². The van der Waals surface area contributed by atoms with Crippen molar-refractivity contribution in [2.24, 2.45) is 5.92 Å². The van der Waals surface area contributed by atoms with Gasteiger partial charge in [-0.2, -0.15) is 4.57 Å². The van der Waals surface area contributed by atoms with Crippen LogP contribution in [-0.2, 0) is 12.1 Å². The van der Waals surface area contributed by atoms with Crippen molar-refractivity contribution in [3.63, 3.8) is 0 Å². The number of para-hydroxylation sites is 3. The van der Waals surface area contributed by atoms with Gasteiger partial charge in [-0.3, -0.25) is 0 Å². The number of hydrogen-bond acceptors (Lipinski definition) is 2. The van der Waals surface area contributed by atoms with E-state index in [0.717, 1.165) is 78.4 Å². The minimum atomic E-state index is -1.86. The van der Waals surface area contributed by atoms with Crippen molar-refractivity contribution in [1.82, 2.24) is 4.57 Å². The summed E-state index contributed by atoms with van der Waals surface area (Å²) >= 11 is 0. The molecule has 1 spiro atoms. The van der Waals surface area contributed by atoms with Crippen LogP contribution >= 0.6 is 0 Å². The Labute approximate surface area is 348 Å². The number of aromatic nitrogens is 3. The van der Waals surface area contributed by atoms with Crippen LogP contribution in [0.3, 0.4) is 0 Å². The van der Waals surface area contributed by atoms with Crippen molar-refractivity contribution in [2.45, 2.75) is 45.6 Å². The normalized spacial score (nSPS) is 15.7. The number of pyridine rings is 1. The SMILES string of the molecule is CC(C)Cc1cc2[n+](cc1[Si](C)(C)C)C1(c3ccccc3-2)c2ccc3c(oc4ccccc43)c2-c2n(-c3cccc4c3oc3ccccc34)c3cc4ccccc4cc3[n+]21. The maximum absolute atomic E-state index is 7.12. The zero-order valence-corrected chi connectivity index (χ0v) is 35.4. The molecular formula is C54H43N3O2Si+2. The van der Waals surface area contributed by atoms with Crippen molar-refractivity contribution >= 4 is 78.9 Å². The lowest BCUT2D eigenvalue weighted by Crippen LogP contribution is -2.72. The van der Waals surface area contributed by atoms with Crippen LogP contribution in [0.2, 0.25) is 19.6 Å². The second-order valence-electron chi connectivity index (χ2n) is 18.4. The Bertz CT molecular complexity index is 3670. The molecule has 288 valence electrons. The summed E-state index contributed by atoms with van der Waals surface area (Å²) < 4.78 is 21.8. The molecular weight excluding hydrogens is 751 g/mol. The fourth-order valence-corrected chi connectivity index (χ4v) is 12.7. The maximum atomic E-state index is 7.12. The minimum Gasteiger partial charge on any atom is -0.455 e. The molecule has 1 atom stereocenters. The molecule has 0 N–H and O–H groups in total. The first-order valence-corrected chi connectivity index (χ1v) is 24.8. The first kappa shape index (κ1) is 34.1. The van der Waals surface area contributed by atoms with Gasteiger partial charge < -0.3 is 8.83 Å². The van der Waals surface area contributed by atoms with Gasteiger partial charge in [0.05, 0.1) is 24.8 Å². The van der Waals surface area contributed by atoms with Gasteiger partial charge in [0.15, 0.2) is 34.1 Å². The van der Waals surface area contributed by atoms with E-state index in [4.69, 9.17) is 8.83 Å². The monoisotopic (exact) mass is 793 g/mol. The van der Waals surface area contributed by atoms with Crippen LogP contribution in [0.15, 0.2) is 161 Å². The molecule has 7 aromatic carbocycles. The summed E-state index contributed by atoms with van der Waals surface area (Å²) in [5, 5.41) is 8.35. The lowest BCUT2D eigenvalue weighted by atomic mass is 9.88. The number of fused-ring (bicyclic) bond motifs is 20. The topological polar surface area (TPSA) is 39.0 Å². The molecule has 0 bridgehead atoms. The van der Waals surface area contributed by atoms with Crippen molar-refractivity contribution in [2.75, 3.05) is 0 Å². The van der Waals surface area contributed by atoms with E-state index >= 15 is 0 Å². The van der Waals surface area contributed by atoms with Gasteiger partial charge in [-0.05, 0) is 83.3 Å². The Kier molecular flexibility index (Phi) is 6.66. The van der Waals surface area contributed by atoms with Gasteiger partial charge in [-0.25, -0.2) is 0 Å². The molecule has 2 aliphatic rings. The molecule has 0 fully saturated rings. The van der Waals surface area contributed by atoms with Gasteiger partial charge in [-0.1, -0.05) is 118 Å². The first-order valence-electron chi connectivity index (χ1n) is 21.3. The van der Waals surface area contributed by atoms with Gasteiger partial charge in [0.25, 0.3) is 0 Å². The second-order valence-corrected chi connectivity index (χ2v) is 23.5. The number of benzene rings is 7. The van der Waals surface area contributed by atoms with Crippen molar-refractivity contribution in [1.29, 1.82) is 0 Å². The number of imidazole rings is 1. The smallest absolute Gasteiger partial charge is 0.364 e. The van der Waals surface area contributed by atoms with Gasteiger partial charge in [0, 0.05) is 32.8 Å². The molecule has 0 saturated carbocycles. The molecule has 5 nitrogen and oxygen atoms in total. The maximum Gasteiger partial charge on any atom is 0.364 e. The Morgan fingerprint density at radius 2 is 1.28 bits per heavy atom. The third-order valence-electron chi connectivity index (χ3n) is 13.4. The van der Waals surface area contributed by atoms with Crippen LogP contribution in [0.25, 0.3) is 94.0 Å². The lowest BCUT2D eigenvalue weighted by molar-refractivity contribution is -0.944. The molecule has 6 heterocycles. The van der Waals surface area contributed by atoms with E-state index in [0.29, 0.717) is 5.92 Å². The summed E-state index contributed by atoms with van der Waals surface area (Å²) in [5.41, 5.74) is 13.6. The molecule has 0 saturated heterocycles. The fourth-order valence-electron chi connectivity index (χ4n) is 11.0. The molecule has 60 heavy (non-hydrogen) atoms. The lowest BCUT2D eigenvalue weighted by Gasteiger charge is -2.24. The van der Waals surface area contributed by atoms with E-state index in [1.165, 1.54) is 43.9 Å². The van der Waals surface area contributed by atoms with Crippen molar-refractivity contribution in [3.05, 3.63) is 168 Å². The highest BCUT2D eigenvalue weighted by Gasteiger charge is 2.67. The Morgan fingerprint density at radius 3 is 2.03 bits per heavy atom. The average molecular weight is 794 g/mol. The third kappa shape index (κ3) is 4.26. The Hall–Kier alpha value is -6.76. The van der Waals surface area contributed by atoms with E-state index in [9.17, 15) is 0 Å². The molecule has 0 radical (unpaired) electrons. The number of hydrogen-bond donors (Lipinski definition) is 0. The standard InChI is InChI=1S/C54H43N3O2Si/c1-32(2)27-35-30-44-40-19-8-11-21-41(40)54(55(44)31-49(35)60(3,4)5)42-26-25-39-37-18-10-13-24-48(37)59-52(39)50(42)53-56(45-28-33-15-6-7-16-34(33)29-46(45)57(53)54)43-22-14-20-38-36-17-9-12-23-47(36)58-51(38)43/h6-26,28-32H,27H2,1-5H3/q+2. The molecule has 11 aromatic rings. The van der Waals surface area contributed by atoms with Crippen LogP contribution < -0.4 is 14.3 Å².